The average Bonchev–Trinajstić information content (AvgIpc) is 2.37. The number of β-amino-alcohol motifs (C(OH)–C–C–N with tert-alkyl or cyclic N) is 1. The number of nitrogens with zero attached hydrogens (tertiary/aromatic N) is 1. The second-order valence-corrected chi connectivity index (χ2v) is 5.90. The summed E-state index contributed by atoms with van der Waals surface area (Å²) in [6.45, 7) is 10.6. The van der Waals surface area contributed by atoms with E-state index in [-0.39, 0.29) is 0 Å². The van der Waals surface area contributed by atoms with Gasteiger partial charge in [-0.15, -0.1) is 0 Å². The normalized spacial score (nSPS) is 29.2. The highest BCUT2D eigenvalue weighted by molar-refractivity contribution is 5.59. The summed E-state index contributed by atoms with van der Waals surface area (Å²) < 4.78 is 0. The summed E-state index contributed by atoms with van der Waals surface area (Å²) in [6.07, 6.45) is 0. The molecule has 0 aliphatic carbocycles. The number of rotatable bonds is 1. The van der Waals surface area contributed by atoms with Gasteiger partial charge in [0, 0.05) is 31.4 Å². The lowest BCUT2D eigenvalue weighted by Gasteiger charge is -2.32. The van der Waals surface area contributed by atoms with Gasteiger partial charge in [-0.1, -0.05) is 18.2 Å². The lowest BCUT2D eigenvalue weighted by atomic mass is 10.0. The molecule has 3 nitrogen and oxygen atoms in total. The molecule has 1 aromatic rings. The van der Waals surface area contributed by atoms with Crippen LogP contribution in [0.5, 0.6) is 0 Å². The first-order valence-electron chi connectivity index (χ1n) is 6.66. The molecule has 1 heterocycles. The minimum Gasteiger partial charge on any atom is -0.387 e. The molecule has 3 heteroatoms. The Morgan fingerprint density at radius 3 is 2.56 bits per heavy atom. The van der Waals surface area contributed by atoms with Crippen LogP contribution in [0.3, 0.4) is 0 Å². The number of aliphatic hydroxyl groups is 1. The van der Waals surface area contributed by atoms with E-state index in [1.165, 1.54) is 16.8 Å². The van der Waals surface area contributed by atoms with Crippen molar-refractivity contribution in [3.8, 4) is 0 Å². The Bertz CT molecular complexity index is 408. The number of hydrogen-bond acceptors (Lipinski definition) is 3. The van der Waals surface area contributed by atoms with Gasteiger partial charge in [0.2, 0.25) is 0 Å². The van der Waals surface area contributed by atoms with E-state index in [1.807, 2.05) is 6.92 Å². The van der Waals surface area contributed by atoms with Crippen LogP contribution in [0.1, 0.15) is 25.0 Å². The van der Waals surface area contributed by atoms with Crippen molar-refractivity contribution in [3.05, 3.63) is 29.3 Å². The quantitative estimate of drug-likeness (QED) is 0.796. The minimum atomic E-state index is -0.681. The van der Waals surface area contributed by atoms with Gasteiger partial charge in [-0.05, 0) is 38.8 Å². The highest BCUT2D eigenvalue weighted by Gasteiger charge is 2.30. The Morgan fingerprint density at radius 2 is 1.94 bits per heavy atom. The largest absolute Gasteiger partial charge is 0.387 e. The monoisotopic (exact) mass is 248 g/mol. The van der Waals surface area contributed by atoms with Crippen LogP contribution in [0.2, 0.25) is 0 Å². The summed E-state index contributed by atoms with van der Waals surface area (Å²) >= 11 is 0. The maximum absolute atomic E-state index is 10.4. The fourth-order valence-electron chi connectivity index (χ4n) is 2.80. The molecule has 0 amide bonds. The molecule has 1 fully saturated rings. The maximum atomic E-state index is 10.4. The number of para-hydroxylation sites is 1. The zero-order chi connectivity index (χ0) is 13.3. The lowest BCUT2D eigenvalue weighted by molar-refractivity contribution is 0.0718. The van der Waals surface area contributed by atoms with Gasteiger partial charge in [0.25, 0.3) is 0 Å². The van der Waals surface area contributed by atoms with E-state index in [1.54, 1.807) is 0 Å². The van der Waals surface area contributed by atoms with E-state index in [9.17, 15) is 5.11 Å². The van der Waals surface area contributed by atoms with Crippen molar-refractivity contribution < 1.29 is 5.11 Å². The first-order valence-corrected chi connectivity index (χ1v) is 6.66. The molecule has 1 aliphatic rings. The third kappa shape index (κ3) is 2.85. The Balaban J connectivity index is 2.35. The topological polar surface area (TPSA) is 35.5 Å². The highest BCUT2D eigenvalue weighted by Crippen LogP contribution is 2.27. The molecular weight excluding hydrogens is 224 g/mol. The molecule has 1 saturated heterocycles. The van der Waals surface area contributed by atoms with Crippen LogP contribution in [-0.2, 0) is 0 Å². The molecule has 0 aromatic heterocycles. The molecule has 2 unspecified atom stereocenters. The van der Waals surface area contributed by atoms with Crippen molar-refractivity contribution >= 4 is 5.69 Å². The summed E-state index contributed by atoms with van der Waals surface area (Å²) in [6, 6.07) is 6.75. The van der Waals surface area contributed by atoms with E-state index in [4.69, 9.17) is 0 Å². The highest BCUT2D eigenvalue weighted by atomic mass is 16.3. The third-order valence-corrected chi connectivity index (χ3v) is 3.61. The summed E-state index contributed by atoms with van der Waals surface area (Å²) in [5.74, 6) is 0. The first-order chi connectivity index (χ1) is 8.39. The average molecular weight is 248 g/mol. The zero-order valence-corrected chi connectivity index (χ0v) is 11.8. The van der Waals surface area contributed by atoms with E-state index in [0.29, 0.717) is 19.1 Å². The lowest BCUT2D eigenvalue weighted by Crippen LogP contribution is -2.43. The summed E-state index contributed by atoms with van der Waals surface area (Å²) in [5, 5.41) is 13.8. The van der Waals surface area contributed by atoms with Crippen molar-refractivity contribution in [1.29, 1.82) is 0 Å². The van der Waals surface area contributed by atoms with Crippen LogP contribution >= 0.6 is 0 Å². The van der Waals surface area contributed by atoms with Crippen LogP contribution in [0.25, 0.3) is 0 Å². The van der Waals surface area contributed by atoms with Crippen LogP contribution in [-0.4, -0.2) is 36.4 Å². The van der Waals surface area contributed by atoms with Crippen molar-refractivity contribution in [2.45, 2.75) is 39.3 Å². The molecule has 1 aliphatic heterocycles. The van der Waals surface area contributed by atoms with E-state index in [2.05, 4.69) is 49.2 Å². The Morgan fingerprint density at radius 1 is 1.33 bits per heavy atom. The standard InChI is InChI=1S/C15H24N2O/c1-11-6-5-7-12(2)14(11)17-8-13(3)16-9-15(4,18)10-17/h5-7,13,16,18H,8-10H2,1-4H3. The Labute approximate surface area is 110 Å². The molecule has 1 aromatic carbocycles. The smallest absolute Gasteiger partial charge is 0.0917 e. The molecule has 2 atom stereocenters. The molecule has 0 bridgehead atoms. The predicted molar refractivity (Wildman–Crippen MR) is 76.2 cm³/mol. The molecule has 2 N–H and O–H groups in total. The van der Waals surface area contributed by atoms with Crippen molar-refractivity contribution in [2.75, 3.05) is 24.5 Å². The molecule has 0 saturated carbocycles. The third-order valence-electron chi connectivity index (χ3n) is 3.61. The van der Waals surface area contributed by atoms with Crippen LogP contribution in [0.15, 0.2) is 18.2 Å². The van der Waals surface area contributed by atoms with Crippen molar-refractivity contribution in [3.63, 3.8) is 0 Å². The van der Waals surface area contributed by atoms with Gasteiger partial charge >= 0.3 is 0 Å². The van der Waals surface area contributed by atoms with Crippen LogP contribution in [0.4, 0.5) is 5.69 Å². The first kappa shape index (κ1) is 13.4. The fourth-order valence-corrected chi connectivity index (χ4v) is 2.80. The fraction of sp³-hybridized carbons (Fsp3) is 0.600. The maximum Gasteiger partial charge on any atom is 0.0917 e. The van der Waals surface area contributed by atoms with E-state index >= 15 is 0 Å². The van der Waals surface area contributed by atoms with Crippen LogP contribution < -0.4 is 10.2 Å². The predicted octanol–water partition coefficient (Wildman–Crippen LogP) is 1.85. The number of benzene rings is 1. The van der Waals surface area contributed by atoms with Gasteiger partial charge in [0.05, 0.1) is 5.60 Å². The number of nitrogens with one attached hydrogen (secondary N) is 1. The molecule has 2 rings (SSSR count). The number of aryl methyl sites for hydroxylation is 2. The summed E-state index contributed by atoms with van der Waals surface area (Å²) in [4.78, 5) is 2.31. The molecule has 18 heavy (non-hydrogen) atoms. The van der Waals surface area contributed by atoms with E-state index in [0.717, 1.165) is 6.54 Å². The Hall–Kier alpha value is -1.06. The van der Waals surface area contributed by atoms with Crippen LogP contribution in [0, 0.1) is 13.8 Å². The Kier molecular flexibility index (Phi) is 3.64. The second kappa shape index (κ2) is 4.90. The van der Waals surface area contributed by atoms with Crippen molar-refractivity contribution in [2.24, 2.45) is 0 Å². The molecule has 0 spiro atoms. The van der Waals surface area contributed by atoms with Gasteiger partial charge < -0.3 is 15.3 Å². The second-order valence-electron chi connectivity index (χ2n) is 5.90. The summed E-state index contributed by atoms with van der Waals surface area (Å²) in [5.41, 5.74) is 3.15. The number of anilines is 1. The SMILES string of the molecule is Cc1cccc(C)c1N1CC(C)NCC(C)(O)C1. The van der Waals surface area contributed by atoms with Gasteiger partial charge in [-0.2, -0.15) is 0 Å². The molecular formula is C15H24N2O. The van der Waals surface area contributed by atoms with Gasteiger partial charge in [0.15, 0.2) is 0 Å². The number of hydrogen-bond donors (Lipinski definition) is 2. The van der Waals surface area contributed by atoms with Gasteiger partial charge in [0.1, 0.15) is 0 Å². The molecule has 100 valence electrons. The minimum absolute atomic E-state index is 0.387. The van der Waals surface area contributed by atoms with E-state index < -0.39 is 5.60 Å². The zero-order valence-electron chi connectivity index (χ0n) is 11.8. The molecule has 0 radical (unpaired) electrons. The van der Waals surface area contributed by atoms with Crippen molar-refractivity contribution in [1.82, 2.24) is 5.32 Å². The van der Waals surface area contributed by atoms with Gasteiger partial charge in [-0.25, -0.2) is 0 Å². The summed E-state index contributed by atoms with van der Waals surface area (Å²) in [7, 11) is 0. The van der Waals surface area contributed by atoms with Gasteiger partial charge in [-0.3, -0.25) is 0 Å².